The van der Waals surface area contributed by atoms with Crippen molar-refractivity contribution < 1.29 is 19.2 Å². The van der Waals surface area contributed by atoms with Crippen LogP contribution in [0.2, 0.25) is 0 Å². The molecule has 0 aromatic carbocycles. The smallest absolute Gasteiger partial charge is 0.368 e. The van der Waals surface area contributed by atoms with Crippen LogP contribution < -0.4 is 0 Å². The molecule has 0 fully saturated rings. The average molecular weight is 142 g/mol. The van der Waals surface area contributed by atoms with Gasteiger partial charge in [0.25, 0.3) is 0 Å². The summed E-state index contributed by atoms with van der Waals surface area (Å²) in [4.78, 5) is 29.3. The summed E-state index contributed by atoms with van der Waals surface area (Å²) < 4.78 is 0. The molecule has 0 aliphatic carbocycles. The predicted octanol–water partition coefficient (Wildman–Crippen LogP) is -3.37. The van der Waals surface area contributed by atoms with Gasteiger partial charge in [0.1, 0.15) is 0 Å². The van der Waals surface area contributed by atoms with Crippen LogP contribution in [-0.4, -0.2) is 87.3 Å². The molecule has 0 saturated carbocycles. The van der Waals surface area contributed by atoms with Crippen molar-refractivity contribution in [2.24, 2.45) is 0 Å². The summed E-state index contributed by atoms with van der Waals surface area (Å²) >= 11 is 0. The van der Waals surface area contributed by atoms with Gasteiger partial charge in [-0.25, -0.2) is 0 Å². The normalized spacial score (nSPS) is 8.57. The molecule has 0 heterocycles. The SMILES string of the molecule is O[Si](O)(O)O.[Na].[Na]. The Morgan fingerprint density at radius 1 is 0.714 bits per heavy atom. The van der Waals surface area contributed by atoms with E-state index in [0.717, 1.165) is 0 Å². The van der Waals surface area contributed by atoms with E-state index in [1.165, 1.54) is 0 Å². The van der Waals surface area contributed by atoms with E-state index in [4.69, 9.17) is 19.2 Å². The molecule has 4 N–H and O–H groups in total. The molecule has 0 atom stereocenters. The number of rotatable bonds is 0. The molecule has 34 valence electrons. The Balaban J connectivity index is -0.0000000800. The third kappa shape index (κ3) is 69.9. The molecule has 0 unspecified atom stereocenters. The zero-order valence-corrected chi connectivity index (χ0v) is 9.29. The Bertz CT molecular complexity index is 25.2. The Labute approximate surface area is 86.3 Å². The Hall–Kier alpha value is 2.06. The van der Waals surface area contributed by atoms with Crippen molar-refractivity contribution in [3.05, 3.63) is 0 Å². The van der Waals surface area contributed by atoms with Gasteiger partial charge >= 0.3 is 9.05 Å². The van der Waals surface area contributed by atoms with Crippen molar-refractivity contribution in [3.8, 4) is 0 Å². The number of hydrogen-bond donors (Lipinski definition) is 4. The Morgan fingerprint density at radius 2 is 0.714 bits per heavy atom. The second kappa shape index (κ2) is 6.18. The average Bonchev–Trinajstić information content (AvgIpc) is 0.722. The quantitative estimate of drug-likeness (QED) is 0.266. The van der Waals surface area contributed by atoms with Gasteiger partial charge in [-0.05, 0) is 0 Å². The van der Waals surface area contributed by atoms with Crippen molar-refractivity contribution in [1.29, 1.82) is 0 Å². The summed E-state index contributed by atoms with van der Waals surface area (Å²) in [5.74, 6) is 0. The Morgan fingerprint density at radius 3 is 0.714 bits per heavy atom. The summed E-state index contributed by atoms with van der Waals surface area (Å²) in [6.45, 7) is 0. The van der Waals surface area contributed by atoms with Crippen LogP contribution in [0.3, 0.4) is 0 Å². The standard InChI is InChI=1S/2Na.H4O4Si/c;;1-5(2,3)4/h;;1-4H. The van der Waals surface area contributed by atoms with Crippen LogP contribution in [0.15, 0.2) is 0 Å². The van der Waals surface area contributed by atoms with E-state index in [1.807, 2.05) is 0 Å². The third-order valence-electron chi connectivity index (χ3n) is 0. The molecule has 0 aromatic rings. The van der Waals surface area contributed by atoms with E-state index in [2.05, 4.69) is 0 Å². The monoisotopic (exact) mass is 142 g/mol. The first kappa shape index (κ1) is 16.0. The van der Waals surface area contributed by atoms with E-state index in [-0.39, 0.29) is 59.1 Å². The van der Waals surface area contributed by atoms with E-state index >= 15 is 0 Å². The minimum atomic E-state index is -4.61. The molecule has 0 aromatic heterocycles. The van der Waals surface area contributed by atoms with Gasteiger partial charge < -0.3 is 19.2 Å². The van der Waals surface area contributed by atoms with E-state index in [1.54, 1.807) is 0 Å². The van der Waals surface area contributed by atoms with Crippen LogP contribution in [0, 0.1) is 0 Å². The summed E-state index contributed by atoms with van der Waals surface area (Å²) in [6.07, 6.45) is 0. The summed E-state index contributed by atoms with van der Waals surface area (Å²) in [5.41, 5.74) is 0. The topological polar surface area (TPSA) is 80.9 Å². The molecule has 0 aliphatic rings. The zero-order valence-electron chi connectivity index (χ0n) is 4.29. The van der Waals surface area contributed by atoms with E-state index in [9.17, 15) is 0 Å². The minimum Gasteiger partial charge on any atom is -0.368 e. The molecule has 4 nitrogen and oxygen atoms in total. The van der Waals surface area contributed by atoms with Gasteiger partial charge in [0.05, 0.1) is 0 Å². The molecule has 0 spiro atoms. The summed E-state index contributed by atoms with van der Waals surface area (Å²) in [6, 6.07) is 0. The van der Waals surface area contributed by atoms with E-state index < -0.39 is 9.05 Å². The van der Waals surface area contributed by atoms with Gasteiger partial charge in [0.2, 0.25) is 0 Å². The van der Waals surface area contributed by atoms with Crippen LogP contribution in [-0.2, 0) is 0 Å². The van der Waals surface area contributed by atoms with Crippen LogP contribution in [0.5, 0.6) is 0 Å². The zero-order chi connectivity index (χ0) is 4.50. The van der Waals surface area contributed by atoms with Gasteiger partial charge in [-0.3, -0.25) is 0 Å². The van der Waals surface area contributed by atoms with Gasteiger partial charge in [0, 0.05) is 59.1 Å². The third-order valence-corrected chi connectivity index (χ3v) is 0. The fourth-order valence-corrected chi connectivity index (χ4v) is 0. The first-order valence-corrected chi connectivity index (χ1v) is 2.68. The van der Waals surface area contributed by atoms with Crippen LogP contribution >= 0.6 is 0 Å². The van der Waals surface area contributed by atoms with Gasteiger partial charge in [-0.2, -0.15) is 0 Å². The first-order chi connectivity index (χ1) is 2.00. The first-order valence-electron chi connectivity index (χ1n) is 0.894. The molecule has 0 aliphatic heterocycles. The number of hydrogen-bond acceptors (Lipinski definition) is 4. The predicted molar refractivity (Wildman–Crippen MR) is 26.1 cm³/mol. The second-order valence-corrected chi connectivity index (χ2v) is 1.80. The van der Waals surface area contributed by atoms with Crippen LogP contribution in [0.4, 0.5) is 0 Å². The minimum absolute atomic E-state index is 0. The summed E-state index contributed by atoms with van der Waals surface area (Å²) in [5, 5.41) is 0. The van der Waals surface area contributed by atoms with Crippen molar-refractivity contribution in [2.75, 3.05) is 0 Å². The maximum absolute atomic E-state index is 7.33. The second-order valence-electron chi connectivity index (χ2n) is 0.600. The van der Waals surface area contributed by atoms with Crippen molar-refractivity contribution in [3.63, 3.8) is 0 Å². The maximum atomic E-state index is 7.33. The van der Waals surface area contributed by atoms with Crippen molar-refractivity contribution >= 4 is 68.2 Å². The molecular formula is H4Na2O4Si. The Kier molecular flexibility index (Phi) is 14.2. The fourth-order valence-electron chi connectivity index (χ4n) is 0. The maximum Gasteiger partial charge on any atom is 0.668 e. The molecule has 0 saturated heterocycles. The molecule has 7 heavy (non-hydrogen) atoms. The van der Waals surface area contributed by atoms with E-state index in [0.29, 0.717) is 0 Å². The van der Waals surface area contributed by atoms with Gasteiger partial charge in [-0.15, -0.1) is 0 Å². The van der Waals surface area contributed by atoms with Gasteiger partial charge in [-0.1, -0.05) is 0 Å². The van der Waals surface area contributed by atoms with Crippen LogP contribution in [0.1, 0.15) is 0 Å². The molecule has 7 heteroatoms. The van der Waals surface area contributed by atoms with Gasteiger partial charge in [0.15, 0.2) is 0 Å². The summed E-state index contributed by atoms with van der Waals surface area (Å²) in [7, 11) is -4.61. The fraction of sp³-hybridized carbons (Fsp3) is 0. The van der Waals surface area contributed by atoms with Crippen molar-refractivity contribution in [2.45, 2.75) is 0 Å². The molecule has 2 radical (unpaired) electrons. The largest absolute Gasteiger partial charge is 0.668 e. The molecular weight excluding hydrogens is 138 g/mol. The molecule has 0 rings (SSSR count). The van der Waals surface area contributed by atoms with Crippen LogP contribution in [0.25, 0.3) is 0 Å². The van der Waals surface area contributed by atoms with Crippen molar-refractivity contribution in [1.82, 2.24) is 0 Å². The molecule has 0 amide bonds. The molecule has 0 bridgehead atoms.